The molecule has 0 aliphatic heterocycles. The van der Waals surface area contributed by atoms with Crippen LogP contribution in [0, 0.1) is 5.41 Å². The molecule has 0 radical (unpaired) electrons. The molecule has 0 atom stereocenters. The molecule has 0 aliphatic rings. The topological polar surface area (TPSA) is 62.5 Å². The Morgan fingerprint density at radius 1 is 1.56 bits per heavy atom. The van der Waals surface area contributed by atoms with E-state index in [9.17, 15) is 4.79 Å². The number of carboxylic acid groups (broad SMARTS) is 1. The molecule has 0 aromatic carbocycles. The van der Waals surface area contributed by atoms with Gasteiger partial charge in [0.15, 0.2) is 0 Å². The van der Waals surface area contributed by atoms with Crippen molar-refractivity contribution in [3.63, 3.8) is 0 Å². The second-order valence-corrected chi connectivity index (χ2v) is 4.68. The summed E-state index contributed by atoms with van der Waals surface area (Å²) in [5, 5.41) is 12.1. The van der Waals surface area contributed by atoms with Crippen LogP contribution in [-0.4, -0.2) is 17.6 Å². The summed E-state index contributed by atoms with van der Waals surface area (Å²) in [6, 6.07) is 1.48. The van der Waals surface area contributed by atoms with Gasteiger partial charge in [-0.15, -0.1) is 0 Å². The van der Waals surface area contributed by atoms with Gasteiger partial charge < -0.3 is 14.8 Å². The molecule has 1 heterocycles. The van der Waals surface area contributed by atoms with Crippen LogP contribution in [0.4, 0.5) is 0 Å². The number of rotatable bonds is 6. The molecule has 0 saturated carbocycles. The lowest BCUT2D eigenvalue weighted by atomic mass is 9.90. The van der Waals surface area contributed by atoms with Crippen LogP contribution in [0.2, 0.25) is 0 Å². The maximum Gasteiger partial charge on any atom is 0.339 e. The third kappa shape index (κ3) is 3.38. The van der Waals surface area contributed by atoms with Gasteiger partial charge in [0.2, 0.25) is 0 Å². The molecule has 1 aromatic rings. The summed E-state index contributed by atoms with van der Waals surface area (Å²) >= 11 is 0. The van der Waals surface area contributed by atoms with Crippen LogP contribution >= 0.6 is 0 Å². The van der Waals surface area contributed by atoms with Crippen LogP contribution in [-0.2, 0) is 6.54 Å². The highest BCUT2D eigenvalue weighted by Gasteiger charge is 2.16. The quantitative estimate of drug-likeness (QED) is 0.780. The Bertz CT molecular complexity index is 355. The summed E-state index contributed by atoms with van der Waals surface area (Å²) in [6.07, 6.45) is 2.48. The average molecular weight is 225 g/mol. The molecule has 0 saturated heterocycles. The highest BCUT2D eigenvalue weighted by atomic mass is 16.4. The van der Waals surface area contributed by atoms with Crippen molar-refractivity contribution >= 4 is 5.97 Å². The number of furan rings is 1. The summed E-state index contributed by atoms with van der Waals surface area (Å²) < 4.78 is 5.13. The second kappa shape index (κ2) is 5.16. The molecule has 2 N–H and O–H groups in total. The van der Waals surface area contributed by atoms with E-state index in [1.165, 1.54) is 12.3 Å². The number of carbonyl (C=O) groups is 1. The Labute approximate surface area is 95.7 Å². The van der Waals surface area contributed by atoms with Crippen LogP contribution in [0.25, 0.3) is 0 Å². The van der Waals surface area contributed by atoms with Gasteiger partial charge in [-0.3, -0.25) is 0 Å². The van der Waals surface area contributed by atoms with E-state index in [1.807, 2.05) is 0 Å². The molecule has 0 bridgehead atoms. The molecular weight excluding hydrogens is 206 g/mol. The SMILES string of the molecule is CCC(C)(C)CNCc1occc1C(=O)O. The summed E-state index contributed by atoms with van der Waals surface area (Å²) in [4.78, 5) is 10.8. The third-order valence-electron chi connectivity index (χ3n) is 2.82. The van der Waals surface area contributed by atoms with Gasteiger partial charge in [0, 0.05) is 6.54 Å². The zero-order chi connectivity index (χ0) is 12.2. The Hall–Kier alpha value is -1.29. The van der Waals surface area contributed by atoms with Crippen molar-refractivity contribution in [3.8, 4) is 0 Å². The zero-order valence-corrected chi connectivity index (χ0v) is 10.0. The highest BCUT2D eigenvalue weighted by molar-refractivity contribution is 5.88. The Kier molecular flexibility index (Phi) is 4.12. The van der Waals surface area contributed by atoms with Gasteiger partial charge in [-0.05, 0) is 17.9 Å². The van der Waals surface area contributed by atoms with Crippen molar-refractivity contribution in [2.24, 2.45) is 5.41 Å². The summed E-state index contributed by atoms with van der Waals surface area (Å²) in [5.41, 5.74) is 0.456. The maximum atomic E-state index is 10.8. The first-order chi connectivity index (χ1) is 7.46. The second-order valence-electron chi connectivity index (χ2n) is 4.68. The van der Waals surface area contributed by atoms with E-state index in [2.05, 4.69) is 26.1 Å². The molecule has 0 fully saturated rings. The van der Waals surface area contributed by atoms with Crippen molar-refractivity contribution in [1.29, 1.82) is 0 Å². The molecular formula is C12H19NO3. The molecule has 16 heavy (non-hydrogen) atoms. The molecule has 0 spiro atoms. The Morgan fingerprint density at radius 3 is 2.81 bits per heavy atom. The van der Waals surface area contributed by atoms with Crippen LogP contribution in [0.5, 0.6) is 0 Å². The molecule has 4 heteroatoms. The van der Waals surface area contributed by atoms with E-state index < -0.39 is 5.97 Å². The molecule has 4 nitrogen and oxygen atoms in total. The minimum atomic E-state index is -0.944. The van der Waals surface area contributed by atoms with Crippen molar-refractivity contribution in [3.05, 3.63) is 23.7 Å². The van der Waals surface area contributed by atoms with E-state index in [4.69, 9.17) is 9.52 Å². The summed E-state index contributed by atoms with van der Waals surface area (Å²) in [6.45, 7) is 7.76. The van der Waals surface area contributed by atoms with Crippen LogP contribution in [0.15, 0.2) is 16.7 Å². The van der Waals surface area contributed by atoms with E-state index >= 15 is 0 Å². The smallest absolute Gasteiger partial charge is 0.339 e. The van der Waals surface area contributed by atoms with Gasteiger partial charge in [0.1, 0.15) is 11.3 Å². The molecule has 90 valence electrons. The van der Waals surface area contributed by atoms with Crippen LogP contribution in [0.1, 0.15) is 43.3 Å². The zero-order valence-electron chi connectivity index (χ0n) is 10.0. The fourth-order valence-electron chi connectivity index (χ4n) is 1.31. The first-order valence-electron chi connectivity index (χ1n) is 5.46. The lowest BCUT2D eigenvalue weighted by Gasteiger charge is -2.22. The van der Waals surface area contributed by atoms with Gasteiger partial charge in [-0.1, -0.05) is 20.8 Å². The van der Waals surface area contributed by atoms with Gasteiger partial charge in [-0.25, -0.2) is 4.79 Å². The van der Waals surface area contributed by atoms with E-state index in [0.29, 0.717) is 12.3 Å². The Balaban J connectivity index is 2.49. The predicted molar refractivity (Wildman–Crippen MR) is 61.4 cm³/mol. The number of aromatic carboxylic acids is 1. The van der Waals surface area contributed by atoms with Crippen molar-refractivity contribution in [1.82, 2.24) is 5.32 Å². The fraction of sp³-hybridized carbons (Fsp3) is 0.583. The normalized spacial score (nSPS) is 11.7. The van der Waals surface area contributed by atoms with Gasteiger partial charge in [-0.2, -0.15) is 0 Å². The third-order valence-corrected chi connectivity index (χ3v) is 2.82. The van der Waals surface area contributed by atoms with E-state index in [0.717, 1.165) is 13.0 Å². The van der Waals surface area contributed by atoms with Gasteiger partial charge in [0.25, 0.3) is 0 Å². The lowest BCUT2D eigenvalue weighted by molar-refractivity contribution is 0.0694. The van der Waals surface area contributed by atoms with Gasteiger partial charge >= 0.3 is 5.97 Å². The van der Waals surface area contributed by atoms with Gasteiger partial charge in [0.05, 0.1) is 12.8 Å². The number of nitrogens with one attached hydrogen (secondary N) is 1. The standard InChI is InChI=1S/C12H19NO3/c1-4-12(2,3)8-13-7-10-9(11(14)15)5-6-16-10/h5-6,13H,4,7-8H2,1-3H3,(H,14,15). The average Bonchev–Trinajstić information content (AvgIpc) is 2.66. The van der Waals surface area contributed by atoms with Crippen LogP contribution < -0.4 is 5.32 Å². The van der Waals surface area contributed by atoms with Crippen molar-refractivity contribution < 1.29 is 14.3 Å². The lowest BCUT2D eigenvalue weighted by Crippen LogP contribution is -2.28. The first-order valence-corrected chi connectivity index (χ1v) is 5.46. The van der Waals surface area contributed by atoms with Crippen LogP contribution in [0.3, 0.4) is 0 Å². The fourth-order valence-corrected chi connectivity index (χ4v) is 1.31. The largest absolute Gasteiger partial charge is 0.478 e. The Morgan fingerprint density at radius 2 is 2.25 bits per heavy atom. The van der Waals surface area contributed by atoms with Crippen molar-refractivity contribution in [2.45, 2.75) is 33.7 Å². The summed E-state index contributed by atoms with van der Waals surface area (Å²) in [7, 11) is 0. The highest BCUT2D eigenvalue weighted by Crippen LogP contribution is 2.18. The van der Waals surface area contributed by atoms with Crippen molar-refractivity contribution in [2.75, 3.05) is 6.54 Å². The van der Waals surface area contributed by atoms with E-state index in [1.54, 1.807) is 0 Å². The number of hydrogen-bond donors (Lipinski definition) is 2. The number of hydrogen-bond acceptors (Lipinski definition) is 3. The molecule has 1 rings (SSSR count). The number of carboxylic acids is 1. The first kappa shape index (κ1) is 12.8. The molecule has 1 aromatic heterocycles. The predicted octanol–water partition coefficient (Wildman–Crippen LogP) is 2.50. The maximum absolute atomic E-state index is 10.8. The molecule has 0 amide bonds. The molecule has 0 aliphatic carbocycles. The molecule has 0 unspecified atom stereocenters. The summed E-state index contributed by atoms with van der Waals surface area (Å²) in [5.74, 6) is -0.459. The monoisotopic (exact) mass is 225 g/mol. The van der Waals surface area contributed by atoms with E-state index in [-0.39, 0.29) is 11.0 Å². The minimum Gasteiger partial charge on any atom is -0.478 e. The minimum absolute atomic E-state index is 0.218.